The van der Waals surface area contributed by atoms with Crippen molar-refractivity contribution in [2.75, 3.05) is 11.4 Å². The molecule has 106 valence electrons. The summed E-state index contributed by atoms with van der Waals surface area (Å²) in [5.41, 5.74) is 0. The van der Waals surface area contributed by atoms with Gasteiger partial charge in [-0.25, -0.2) is 9.97 Å². The molecule has 3 heterocycles. The van der Waals surface area contributed by atoms with E-state index in [0.29, 0.717) is 5.82 Å². The van der Waals surface area contributed by atoms with Crippen LogP contribution in [0.5, 0.6) is 0 Å². The summed E-state index contributed by atoms with van der Waals surface area (Å²) in [6, 6.07) is 1.12. The minimum absolute atomic E-state index is 0.0583. The van der Waals surface area contributed by atoms with Gasteiger partial charge in [-0.15, -0.1) is 10.2 Å². The molecule has 0 fully saturated rings. The number of rotatable bonds is 1. The lowest BCUT2D eigenvalue weighted by molar-refractivity contribution is -0.147. The number of hydrogen-bond acceptors (Lipinski definition) is 5. The molecule has 0 saturated heterocycles. The van der Waals surface area contributed by atoms with E-state index in [1.165, 1.54) is 0 Å². The van der Waals surface area contributed by atoms with Crippen LogP contribution in [-0.4, -0.2) is 31.3 Å². The molecule has 0 N–H and O–H groups in total. The van der Waals surface area contributed by atoms with E-state index >= 15 is 0 Å². The van der Waals surface area contributed by atoms with Crippen LogP contribution in [0.15, 0.2) is 12.4 Å². The number of anilines is 1. The van der Waals surface area contributed by atoms with Gasteiger partial charge in [0.25, 0.3) is 0 Å². The Morgan fingerprint density at radius 2 is 1.90 bits per heavy atom. The van der Waals surface area contributed by atoms with Gasteiger partial charge < -0.3 is 9.47 Å². The van der Waals surface area contributed by atoms with Gasteiger partial charge in [-0.1, -0.05) is 0 Å². The van der Waals surface area contributed by atoms with E-state index < -0.39 is 17.9 Å². The third-order valence-electron chi connectivity index (χ3n) is 2.95. The largest absolute Gasteiger partial charge is 0.451 e. The van der Waals surface area contributed by atoms with E-state index in [-0.39, 0.29) is 25.5 Å². The van der Waals surface area contributed by atoms with Gasteiger partial charge in [0.05, 0.1) is 6.54 Å². The lowest BCUT2D eigenvalue weighted by Gasteiger charge is -2.28. The summed E-state index contributed by atoms with van der Waals surface area (Å²) in [5, 5.41) is 6.70. The van der Waals surface area contributed by atoms with Crippen LogP contribution >= 0.6 is 0 Å². The van der Waals surface area contributed by atoms with Crippen LogP contribution < -0.4 is 4.90 Å². The third kappa shape index (κ3) is 2.17. The average molecular weight is 288 g/mol. The van der Waals surface area contributed by atoms with Crippen molar-refractivity contribution in [3.05, 3.63) is 30.0 Å². The molecule has 0 unspecified atom stereocenters. The summed E-state index contributed by atoms with van der Waals surface area (Å²) in [6.07, 6.45) is -3.47. The van der Waals surface area contributed by atoms with Gasteiger partial charge in [-0.05, 0) is 0 Å². The summed E-state index contributed by atoms with van der Waals surface area (Å²) < 4.78 is 52.1. The number of hydrogen-bond donors (Lipinski definition) is 0. The van der Waals surface area contributed by atoms with Crippen molar-refractivity contribution in [1.82, 2.24) is 24.7 Å². The molecule has 20 heavy (non-hydrogen) atoms. The number of halogens is 4. The Bertz CT molecular complexity index is 637. The summed E-state index contributed by atoms with van der Waals surface area (Å²) in [6.45, 7) is 0.396. The molecular formula is C10H8F4N6. The molecule has 1 aliphatic heterocycles. The van der Waals surface area contributed by atoms with Crippen molar-refractivity contribution < 1.29 is 17.6 Å². The zero-order valence-electron chi connectivity index (χ0n) is 9.97. The first-order valence-corrected chi connectivity index (χ1v) is 5.67. The van der Waals surface area contributed by atoms with Gasteiger partial charge in [-0.2, -0.15) is 17.6 Å². The molecule has 2 aromatic rings. The van der Waals surface area contributed by atoms with Crippen LogP contribution in [0, 0.1) is 5.95 Å². The molecule has 10 heteroatoms. The first kappa shape index (κ1) is 12.8. The lowest BCUT2D eigenvalue weighted by Crippen LogP contribution is -2.35. The summed E-state index contributed by atoms with van der Waals surface area (Å²) in [4.78, 5) is 8.84. The Hall–Kier alpha value is -2.26. The maximum Gasteiger partial charge on any atom is 0.451 e. The van der Waals surface area contributed by atoms with Crippen LogP contribution in [0.4, 0.5) is 23.4 Å². The van der Waals surface area contributed by atoms with Crippen LogP contribution in [0.3, 0.4) is 0 Å². The third-order valence-corrected chi connectivity index (χ3v) is 2.95. The predicted octanol–water partition coefficient (Wildman–Crippen LogP) is 1.25. The minimum atomic E-state index is -4.53. The normalized spacial score (nSPS) is 15.3. The molecular weight excluding hydrogens is 280 g/mol. The van der Waals surface area contributed by atoms with E-state index in [9.17, 15) is 17.6 Å². The molecule has 0 radical (unpaired) electrons. The highest BCUT2D eigenvalue weighted by Crippen LogP contribution is 2.30. The minimum Gasteiger partial charge on any atom is -0.347 e. The highest BCUT2D eigenvalue weighted by Gasteiger charge is 2.39. The van der Waals surface area contributed by atoms with Crippen LogP contribution in [0.1, 0.15) is 11.6 Å². The SMILES string of the molecule is Fc1cc(N2CCn3c(nnc3C(F)(F)F)C2)ncn1. The van der Waals surface area contributed by atoms with Gasteiger partial charge in [0.15, 0.2) is 5.82 Å². The molecule has 6 nitrogen and oxygen atoms in total. The first-order valence-electron chi connectivity index (χ1n) is 5.67. The second-order valence-electron chi connectivity index (χ2n) is 4.21. The first-order chi connectivity index (χ1) is 9.45. The van der Waals surface area contributed by atoms with Crippen LogP contribution in [-0.2, 0) is 19.3 Å². The van der Waals surface area contributed by atoms with Gasteiger partial charge in [-0.3, -0.25) is 0 Å². The van der Waals surface area contributed by atoms with E-state index in [1.807, 2.05) is 0 Å². The number of alkyl halides is 3. The lowest BCUT2D eigenvalue weighted by atomic mass is 10.3. The van der Waals surface area contributed by atoms with E-state index in [0.717, 1.165) is 17.0 Å². The highest BCUT2D eigenvalue weighted by atomic mass is 19.4. The smallest absolute Gasteiger partial charge is 0.347 e. The Balaban J connectivity index is 1.88. The van der Waals surface area contributed by atoms with Crippen molar-refractivity contribution in [2.24, 2.45) is 0 Å². The molecule has 0 atom stereocenters. The summed E-state index contributed by atoms with van der Waals surface area (Å²) in [7, 11) is 0. The fourth-order valence-corrected chi connectivity index (χ4v) is 2.06. The standard InChI is InChI=1S/C10H8F4N6/c11-6-3-7(16-5-15-6)19-1-2-20-8(4-19)17-18-9(20)10(12,13)14/h3,5H,1-2,4H2. The zero-order chi connectivity index (χ0) is 14.3. The molecule has 0 spiro atoms. The van der Waals surface area contributed by atoms with Crippen molar-refractivity contribution in [3.63, 3.8) is 0 Å². The molecule has 0 amide bonds. The highest BCUT2D eigenvalue weighted by molar-refractivity contribution is 5.37. The quantitative estimate of drug-likeness (QED) is 0.584. The summed E-state index contributed by atoms with van der Waals surface area (Å²) in [5.74, 6) is -1.23. The van der Waals surface area contributed by atoms with Crippen molar-refractivity contribution in [1.29, 1.82) is 0 Å². The number of nitrogens with zero attached hydrogens (tertiary/aromatic N) is 6. The Morgan fingerprint density at radius 1 is 1.10 bits per heavy atom. The molecule has 2 aromatic heterocycles. The fourth-order valence-electron chi connectivity index (χ4n) is 2.06. The Morgan fingerprint density at radius 3 is 2.60 bits per heavy atom. The molecule has 1 aliphatic rings. The van der Waals surface area contributed by atoms with Gasteiger partial charge >= 0.3 is 6.18 Å². The van der Waals surface area contributed by atoms with Crippen LogP contribution in [0.25, 0.3) is 0 Å². The van der Waals surface area contributed by atoms with Crippen molar-refractivity contribution in [2.45, 2.75) is 19.3 Å². The predicted molar refractivity (Wildman–Crippen MR) is 58.1 cm³/mol. The van der Waals surface area contributed by atoms with Crippen LogP contribution in [0.2, 0.25) is 0 Å². The Kier molecular flexibility index (Phi) is 2.80. The second kappa shape index (κ2) is 4.39. The van der Waals surface area contributed by atoms with Gasteiger partial charge in [0, 0.05) is 19.2 Å². The van der Waals surface area contributed by atoms with Gasteiger partial charge in [0.2, 0.25) is 11.8 Å². The van der Waals surface area contributed by atoms with E-state index in [1.54, 1.807) is 4.90 Å². The average Bonchev–Trinajstić information content (AvgIpc) is 2.81. The molecule has 0 saturated carbocycles. The second-order valence-corrected chi connectivity index (χ2v) is 4.21. The zero-order valence-corrected chi connectivity index (χ0v) is 9.97. The molecule has 3 rings (SSSR count). The van der Waals surface area contributed by atoms with Gasteiger partial charge in [0.1, 0.15) is 12.1 Å². The van der Waals surface area contributed by atoms with E-state index in [4.69, 9.17) is 0 Å². The molecule has 0 aliphatic carbocycles. The molecule has 0 aromatic carbocycles. The van der Waals surface area contributed by atoms with Crippen molar-refractivity contribution in [3.8, 4) is 0 Å². The topological polar surface area (TPSA) is 59.7 Å². The summed E-state index contributed by atoms with van der Waals surface area (Å²) >= 11 is 0. The van der Waals surface area contributed by atoms with E-state index in [2.05, 4.69) is 20.2 Å². The monoisotopic (exact) mass is 288 g/mol. The maximum absolute atomic E-state index is 13.0. The van der Waals surface area contributed by atoms with Crippen molar-refractivity contribution >= 4 is 5.82 Å². The number of fused-ring (bicyclic) bond motifs is 1. The fraction of sp³-hybridized carbons (Fsp3) is 0.400. The number of aromatic nitrogens is 5. The Labute approximate surface area is 110 Å². The maximum atomic E-state index is 13.0. The molecule has 0 bridgehead atoms.